The second-order valence-electron chi connectivity index (χ2n) is 3.99. The molecule has 0 unspecified atom stereocenters. The number of nitrogens with one attached hydrogen (secondary N) is 2. The first kappa shape index (κ1) is 12.3. The molecule has 5 nitrogen and oxygen atoms in total. The Labute approximate surface area is 121 Å². The van der Waals surface area contributed by atoms with E-state index in [1.807, 2.05) is 13.0 Å². The number of aromatic amines is 1. The Balaban J connectivity index is 1.95. The average molecular weight is 337 g/mol. The van der Waals surface area contributed by atoms with Gasteiger partial charge < -0.3 is 5.32 Å². The fraction of sp³-hybridized carbons (Fsp3) is 0.0833. The van der Waals surface area contributed by atoms with Gasteiger partial charge in [0, 0.05) is 11.1 Å². The maximum absolute atomic E-state index is 12.2. The number of aromatic nitrogens is 3. The van der Waals surface area contributed by atoms with Crippen molar-refractivity contribution in [2.45, 2.75) is 6.92 Å². The van der Waals surface area contributed by atoms with E-state index in [0.717, 1.165) is 14.0 Å². The standard InChI is InChI=1S/C12H9BrN4OS/c1-6-4-7(10(13)19-6)12(18)16-9-2-3-14-11-8(9)5-15-17-11/h2-5H,1H3,(H2,14,15,16,17,18). The Morgan fingerprint density at radius 3 is 3.11 bits per heavy atom. The average Bonchev–Trinajstić information content (AvgIpc) is 2.96. The van der Waals surface area contributed by atoms with E-state index in [1.54, 1.807) is 18.5 Å². The van der Waals surface area contributed by atoms with Crippen molar-refractivity contribution in [2.24, 2.45) is 0 Å². The van der Waals surface area contributed by atoms with Crippen LogP contribution in [-0.2, 0) is 0 Å². The Hall–Kier alpha value is -1.73. The number of H-pyrrole nitrogens is 1. The number of carbonyl (C=O) groups excluding carboxylic acids is 1. The second-order valence-corrected chi connectivity index (χ2v) is 6.56. The molecule has 0 spiro atoms. The molecule has 2 N–H and O–H groups in total. The van der Waals surface area contributed by atoms with Crippen molar-refractivity contribution in [2.75, 3.05) is 5.32 Å². The van der Waals surface area contributed by atoms with Gasteiger partial charge in [-0.05, 0) is 35.0 Å². The topological polar surface area (TPSA) is 70.7 Å². The van der Waals surface area contributed by atoms with E-state index in [9.17, 15) is 4.79 Å². The molecule has 0 aromatic carbocycles. The molecule has 0 aliphatic heterocycles. The van der Waals surface area contributed by atoms with Gasteiger partial charge in [-0.25, -0.2) is 4.98 Å². The first-order valence-corrected chi connectivity index (χ1v) is 7.11. The van der Waals surface area contributed by atoms with Gasteiger partial charge in [-0.15, -0.1) is 11.3 Å². The number of thiophene rings is 1. The normalized spacial score (nSPS) is 10.8. The Kier molecular flexibility index (Phi) is 3.08. The lowest BCUT2D eigenvalue weighted by molar-refractivity contribution is 0.102. The lowest BCUT2D eigenvalue weighted by Crippen LogP contribution is -2.11. The van der Waals surface area contributed by atoms with Crippen molar-refractivity contribution in [1.29, 1.82) is 0 Å². The monoisotopic (exact) mass is 336 g/mol. The minimum absolute atomic E-state index is 0.148. The van der Waals surface area contributed by atoms with E-state index in [2.05, 4.69) is 36.4 Å². The van der Waals surface area contributed by atoms with Crippen LogP contribution in [0.5, 0.6) is 0 Å². The third kappa shape index (κ3) is 2.26. The van der Waals surface area contributed by atoms with Gasteiger partial charge in [0.15, 0.2) is 5.65 Å². The summed E-state index contributed by atoms with van der Waals surface area (Å²) in [7, 11) is 0. The van der Waals surface area contributed by atoms with Crippen LogP contribution in [0.2, 0.25) is 0 Å². The highest BCUT2D eigenvalue weighted by Crippen LogP contribution is 2.29. The molecule has 0 radical (unpaired) electrons. The second kappa shape index (κ2) is 4.75. The first-order valence-electron chi connectivity index (χ1n) is 5.50. The molecule has 7 heteroatoms. The molecule has 0 bridgehead atoms. The maximum atomic E-state index is 12.2. The molecule has 3 rings (SSSR count). The highest BCUT2D eigenvalue weighted by atomic mass is 79.9. The van der Waals surface area contributed by atoms with Gasteiger partial charge in [0.1, 0.15) is 0 Å². The molecule has 0 atom stereocenters. The number of fused-ring (bicyclic) bond motifs is 1. The molecule has 1 amide bonds. The van der Waals surface area contributed by atoms with Crippen LogP contribution < -0.4 is 5.32 Å². The van der Waals surface area contributed by atoms with E-state index in [0.29, 0.717) is 16.9 Å². The van der Waals surface area contributed by atoms with Crippen LogP contribution in [0.1, 0.15) is 15.2 Å². The van der Waals surface area contributed by atoms with Crippen LogP contribution in [0, 0.1) is 6.92 Å². The highest BCUT2D eigenvalue weighted by Gasteiger charge is 2.14. The number of amides is 1. The van der Waals surface area contributed by atoms with Crippen LogP contribution in [0.25, 0.3) is 11.0 Å². The number of aryl methyl sites for hydroxylation is 1. The summed E-state index contributed by atoms with van der Waals surface area (Å²) in [5.41, 5.74) is 1.98. The van der Waals surface area contributed by atoms with Crippen LogP contribution >= 0.6 is 27.3 Å². The molecule has 3 aromatic heterocycles. The number of hydrogen-bond acceptors (Lipinski definition) is 4. The van der Waals surface area contributed by atoms with Crippen LogP contribution in [0.15, 0.2) is 28.3 Å². The van der Waals surface area contributed by atoms with Gasteiger partial charge in [-0.1, -0.05) is 0 Å². The Morgan fingerprint density at radius 2 is 2.37 bits per heavy atom. The predicted octanol–water partition coefficient (Wildman–Crippen LogP) is 3.34. The molecule has 0 aliphatic rings. The number of hydrogen-bond donors (Lipinski definition) is 2. The van der Waals surface area contributed by atoms with Crippen LogP contribution in [-0.4, -0.2) is 21.1 Å². The summed E-state index contributed by atoms with van der Waals surface area (Å²) in [6, 6.07) is 3.61. The van der Waals surface area contributed by atoms with E-state index in [4.69, 9.17) is 0 Å². The Morgan fingerprint density at radius 1 is 1.53 bits per heavy atom. The smallest absolute Gasteiger partial charge is 0.257 e. The fourth-order valence-electron chi connectivity index (χ4n) is 1.79. The lowest BCUT2D eigenvalue weighted by Gasteiger charge is -2.04. The largest absolute Gasteiger partial charge is 0.321 e. The molecule has 3 aromatic rings. The van der Waals surface area contributed by atoms with E-state index in [1.165, 1.54) is 11.3 Å². The van der Waals surface area contributed by atoms with Crippen molar-refractivity contribution in [3.63, 3.8) is 0 Å². The molecular weight excluding hydrogens is 328 g/mol. The summed E-state index contributed by atoms with van der Waals surface area (Å²) in [5.74, 6) is -0.148. The zero-order valence-electron chi connectivity index (χ0n) is 9.90. The number of carbonyl (C=O) groups is 1. The van der Waals surface area contributed by atoms with Gasteiger partial charge in [-0.3, -0.25) is 9.89 Å². The molecule has 19 heavy (non-hydrogen) atoms. The summed E-state index contributed by atoms with van der Waals surface area (Å²) in [6.07, 6.45) is 3.27. The third-order valence-electron chi connectivity index (χ3n) is 2.66. The zero-order chi connectivity index (χ0) is 13.4. The molecular formula is C12H9BrN4OS. The SMILES string of the molecule is Cc1cc(C(=O)Nc2ccnc3[nH]ncc23)c(Br)s1. The van der Waals surface area contributed by atoms with E-state index in [-0.39, 0.29) is 5.91 Å². The summed E-state index contributed by atoms with van der Waals surface area (Å²) >= 11 is 4.94. The summed E-state index contributed by atoms with van der Waals surface area (Å²) in [5, 5.41) is 10.4. The number of nitrogens with zero attached hydrogens (tertiary/aromatic N) is 2. The summed E-state index contributed by atoms with van der Waals surface area (Å²) < 4.78 is 0.833. The minimum Gasteiger partial charge on any atom is -0.321 e. The van der Waals surface area contributed by atoms with Gasteiger partial charge >= 0.3 is 0 Å². The van der Waals surface area contributed by atoms with Gasteiger partial charge in [-0.2, -0.15) is 5.10 Å². The third-order valence-corrected chi connectivity index (χ3v) is 4.41. The predicted molar refractivity (Wildman–Crippen MR) is 78.6 cm³/mol. The maximum Gasteiger partial charge on any atom is 0.257 e. The minimum atomic E-state index is -0.148. The van der Waals surface area contributed by atoms with Crippen LogP contribution in [0.4, 0.5) is 5.69 Å². The highest BCUT2D eigenvalue weighted by molar-refractivity contribution is 9.11. The number of anilines is 1. The molecule has 3 heterocycles. The van der Waals surface area contributed by atoms with Gasteiger partial charge in [0.05, 0.1) is 26.6 Å². The van der Waals surface area contributed by atoms with Gasteiger partial charge in [0.2, 0.25) is 0 Å². The summed E-state index contributed by atoms with van der Waals surface area (Å²) in [4.78, 5) is 17.4. The van der Waals surface area contributed by atoms with Crippen molar-refractivity contribution >= 4 is 49.9 Å². The molecule has 0 fully saturated rings. The fourth-order valence-corrected chi connectivity index (χ4v) is 3.57. The summed E-state index contributed by atoms with van der Waals surface area (Å²) in [6.45, 7) is 1.97. The molecule has 0 saturated heterocycles. The first-order chi connectivity index (χ1) is 9.15. The molecule has 96 valence electrons. The zero-order valence-corrected chi connectivity index (χ0v) is 12.3. The van der Waals surface area contributed by atoms with Crippen molar-refractivity contribution in [3.8, 4) is 0 Å². The van der Waals surface area contributed by atoms with E-state index >= 15 is 0 Å². The van der Waals surface area contributed by atoms with E-state index < -0.39 is 0 Å². The quantitative estimate of drug-likeness (QED) is 0.753. The van der Waals surface area contributed by atoms with Crippen molar-refractivity contribution < 1.29 is 4.79 Å². The number of halogens is 1. The number of pyridine rings is 1. The lowest BCUT2D eigenvalue weighted by atomic mass is 10.2. The van der Waals surface area contributed by atoms with Crippen molar-refractivity contribution in [3.05, 3.63) is 38.8 Å². The Bertz CT molecular complexity index is 764. The number of rotatable bonds is 2. The molecule has 0 saturated carbocycles. The van der Waals surface area contributed by atoms with Crippen LogP contribution in [0.3, 0.4) is 0 Å². The van der Waals surface area contributed by atoms with Crippen molar-refractivity contribution in [1.82, 2.24) is 15.2 Å². The van der Waals surface area contributed by atoms with Gasteiger partial charge in [0.25, 0.3) is 5.91 Å². The molecule has 0 aliphatic carbocycles.